The highest BCUT2D eigenvalue weighted by Gasteiger charge is 2.48. The fourth-order valence-electron chi connectivity index (χ4n) is 3.04. The van der Waals surface area contributed by atoms with E-state index in [1.165, 1.54) is 30.2 Å². The Morgan fingerprint density at radius 1 is 1.42 bits per heavy atom. The van der Waals surface area contributed by atoms with Gasteiger partial charge in [0.25, 0.3) is 5.91 Å². The first-order chi connectivity index (χ1) is 11.2. The number of nitro benzene ring substituents is 1. The molecule has 1 aromatic carbocycles. The number of nitrogens with zero attached hydrogens (tertiary/aromatic N) is 2. The maximum absolute atomic E-state index is 12.6. The van der Waals surface area contributed by atoms with E-state index in [1.54, 1.807) is 0 Å². The summed E-state index contributed by atoms with van der Waals surface area (Å²) in [4.78, 5) is 36.1. The van der Waals surface area contributed by atoms with E-state index in [1.807, 2.05) is 13.8 Å². The average Bonchev–Trinajstić information content (AvgIpc) is 3.00. The first kappa shape index (κ1) is 17.7. The summed E-state index contributed by atoms with van der Waals surface area (Å²) < 4.78 is 4.97. The molecule has 1 heterocycles. The first-order valence-electron chi connectivity index (χ1n) is 7.58. The van der Waals surface area contributed by atoms with Crippen molar-refractivity contribution in [3.8, 4) is 5.75 Å². The van der Waals surface area contributed by atoms with Crippen LogP contribution in [-0.2, 0) is 4.79 Å². The minimum absolute atomic E-state index is 0.00148. The summed E-state index contributed by atoms with van der Waals surface area (Å²) in [5.74, 6) is -1.38. The van der Waals surface area contributed by atoms with Crippen LogP contribution in [0.3, 0.4) is 0 Å². The second-order valence-corrected chi connectivity index (χ2v) is 6.24. The number of likely N-dealkylation sites (tertiary alicyclic amines) is 1. The number of rotatable bonds is 5. The van der Waals surface area contributed by atoms with Crippen molar-refractivity contribution < 1.29 is 24.4 Å². The molecule has 0 spiro atoms. The molecular weight excluding hydrogens is 316 g/mol. The van der Waals surface area contributed by atoms with Gasteiger partial charge in [-0.3, -0.25) is 19.7 Å². The number of carbonyl (C=O) groups is 2. The van der Waals surface area contributed by atoms with Gasteiger partial charge >= 0.3 is 11.7 Å². The Balaban J connectivity index is 2.27. The summed E-state index contributed by atoms with van der Waals surface area (Å²) in [7, 11) is 1.29. The molecule has 1 fully saturated rings. The van der Waals surface area contributed by atoms with Crippen molar-refractivity contribution in [3.05, 3.63) is 33.9 Å². The molecule has 24 heavy (non-hydrogen) atoms. The van der Waals surface area contributed by atoms with Gasteiger partial charge in [-0.2, -0.15) is 0 Å². The number of carboxylic acids is 1. The summed E-state index contributed by atoms with van der Waals surface area (Å²) in [6, 6.07) is 3.89. The Labute approximate surface area is 139 Å². The molecule has 0 aromatic heterocycles. The van der Waals surface area contributed by atoms with Crippen molar-refractivity contribution in [2.75, 3.05) is 20.2 Å². The van der Waals surface area contributed by atoms with E-state index >= 15 is 0 Å². The minimum atomic E-state index is -0.958. The Bertz CT molecular complexity index is 687. The van der Waals surface area contributed by atoms with Gasteiger partial charge in [-0.25, -0.2) is 0 Å². The third kappa shape index (κ3) is 2.91. The zero-order chi connectivity index (χ0) is 18.1. The van der Waals surface area contributed by atoms with Crippen molar-refractivity contribution >= 4 is 17.6 Å². The predicted octanol–water partition coefficient (Wildman–Crippen LogP) is 2.18. The number of aliphatic carboxylic acids is 1. The number of hydrogen-bond donors (Lipinski definition) is 1. The zero-order valence-corrected chi connectivity index (χ0v) is 13.8. The van der Waals surface area contributed by atoms with Gasteiger partial charge in [0.15, 0.2) is 5.75 Å². The van der Waals surface area contributed by atoms with Gasteiger partial charge in [0.05, 0.1) is 17.4 Å². The summed E-state index contributed by atoms with van der Waals surface area (Å²) in [5, 5.41) is 20.5. The third-order valence-electron chi connectivity index (χ3n) is 4.74. The van der Waals surface area contributed by atoms with Gasteiger partial charge in [-0.1, -0.05) is 13.8 Å². The van der Waals surface area contributed by atoms with Crippen molar-refractivity contribution in [1.29, 1.82) is 0 Å². The van der Waals surface area contributed by atoms with Crippen molar-refractivity contribution in [2.45, 2.75) is 20.3 Å². The molecule has 2 rings (SSSR count). The number of carboxylic acid groups (broad SMARTS) is 1. The van der Waals surface area contributed by atoms with Gasteiger partial charge in [-0.15, -0.1) is 0 Å². The quantitative estimate of drug-likeness (QED) is 0.652. The van der Waals surface area contributed by atoms with Crippen molar-refractivity contribution in [2.24, 2.45) is 11.3 Å². The van der Waals surface area contributed by atoms with E-state index in [0.717, 1.165) is 0 Å². The van der Waals surface area contributed by atoms with Gasteiger partial charge in [0, 0.05) is 30.8 Å². The molecule has 1 aliphatic rings. The Hall–Kier alpha value is -2.64. The molecule has 1 amide bonds. The molecule has 1 unspecified atom stereocenters. The topological polar surface area (TPSA) is 110 Å². The molecule has 0 saturated carbocycles. The van der Waals surface area contributed by atoms with E-state index in [9.17, 15) is 24.8 Å². The van der Waals surface area contributed by atoms with Crippen LogP contribution < -0.4 is 4.74 Å². The fourth-order valence-corrected chi connectivity index (χ4v) is 3.04. The number of methoxy groups -OCH3 is 1. The number of benzene rings is 1. The highest BCUT2D eigenvalue weighted by Crippen LogP contribution is 2.39. The normalized spacial score (nSPS) is 20.2. The van der Waals surface area contributed by atoms with Gasteiger partial charge in [-0.05, 0) is 18.4 Å². The Kier molecular flexibility index (Phi) is 4.77. The maximum atomic E-state index is 12.6. The number of carbonyl (C=O) groups excluding carboxylic acids is 1. The molecule has 0 bridgehead atoms. The zero-order valence-electron chi connectivity index (χ0n) is 13.8. The second kappa shape index (κ2) is 6.46. The molecule has 0 radical (unpaired) electrons. The van der Waals surface area contributed by atoms with E-state index in [0.29, 0.717) is 13.0 Å². The van der Waals surface area contributed by atoms with Gasteiger partial charge < -0.3 is 14.7 Å². The van der Waals surface area contributed by atoms with Crippen LogP contribution in [0.25, 0.3) is 0 Å². The molecule has 8 nitrogen and oxygen atoms in total. The highest BCUT2D eigenvalue weighted by molar-refractivity contribution is 5.96. The third-order valence-corrected chi connectivity index (χ3v) is 4.74. The summed E-state index contributed by atoms with van der Waals surface area (Å²) in [6.45, 7) is 4.12. The molecule has 1 N–H and O–H groups in total. The van der Waals surface area contributed by atoms with Gasteiger partial charge in [0.2, 0.25) is 0 Å². The smallest absolute Gasteiger partial charge is 0.311 e. The average molecular weight is 336 g/mol. The summed E-state index contributed by atoms with van der Waals surface area (Å²) >= 11 is 0. The van der Waals surface area contributed by atoms with Crippen LogP contribution in [0, 0.1) is 21.4 Å². The molecule has 1 saturated heterocycles. The number of nitro groups is 1. The second-order valence-electron chi connectivity index (χ2n) is 6.24. The Morgan fingerprint density at radius 3 is 2.54 bits per heavy atom. The molecular formula is C16H20N2O6. The van der Waals surface area contributed by atoms with Crippen LogP contribution in [-0.4, -0.2) is 47.0 Å². The monoisotopic (exact) mass is 336 g/mol. The number of amides is 1. The van der Waals surface area contributed by atoms with Crippen LogP contribution in [0.2, 0.25) is 0 Å². The van der Waals surface area contributed by atoms with E-state index in [4.69, 9.17) is 4.74 Å². The van der Waals surface area contributed by atoms with E-state index in [-0.39, 0.29) is 35.4 Å². The van der Waals surface area contributed by atoms with Crippen LogP contribution in [0.15, 0.2) is 18.2 Å². The molecule has 1 aromatic rings. The standard InChI is InChI=1S/C16H20N2O6/c1-10(2)16(15(20)21)6-7-17(9-16)14(19)11-4-5-12(18(22)23)13(8-11)24-3/h4-5,8,10H,6-7,9H2,1-3H3,(H,20,21). The molecule has 1 aliphatic heterocycles. The van der Waals surface area contributed by atoms with E-state index < -0.39 is 16.3 Å². The molecule has 1 atom stereocenters. The molecule has 0 aliphatic carbocycles. The molecule has 130 valence electrons. The van der Waals surface area contributed by atoms with Gasteiger partial charge in [0.1, 0.15) is 0 Å². The lowest BCUT2D eigenvalue weighted by molar-refractivity contribution is -0.385. The van der Waals surface area contributed by atoms with Crippen LogP contribution in [0.4, 0.5) is 5.69 Å². The minimum Gasteiger partial charge on any atom is -0.490 e. The largest absolute Gasteiger partial charge is 0.490 e. The Morgan fingerprint density at radius 2 is 2.08 bits per heavy atom. The van der Waals surface area contributed by atoms with Crippen LogP contribution >= 0.6 is 0 Å². The van der Waals surface area contributed by atoms with Crippen molar-refractivity contribution in [1.82, 2.24) is 4.90 Å². The molecule has 8 heteroatoms. The van der Waals surface area contributed by atoms with Crippen LogP contribution in [0.1, 0.15) is 30.6 Å². The summed E-state index contributed by atoms with van der Waals surface area (Å²) in [6.07, 6.45) is 0.385. The fraction of sp³-hybridized carbons (Fsp3) is 0.500. The first-order valence-corrected chi connectivity index (χ1v) is 7.58. The highest BCUT2D eigenvalue weighted by atomic mass is 16.6. The SMILES string of the molecule is COc1cc(C(=O)N2CCC(C(=O)O)(C(C)C)C2)ccc1[N+](=O)[O-]. The lowest BCUT2D eigenvalue weighted by Crippen LogP contribution is -2.40. The van der Waals surface area contributed by atoms with E-state index in [2.05, 4.69) is 0 Å². The number of ether oxygens (including phenoxy) is 1. The van der Waals surface area contributed by atoms with Crippen molar-refractivity contribution in [3.63, 3.8) is 0 Å². The predicted molar refractivity (Wildman–Crippen MR) is 85.1 cm³/mol. The lowest BCUT2D eigenvalue weighted by Gasteiger charge is -2.28. The lowest BCUT2D eigenvalue weighted by atomic mass is 9.76. The van der Waals surface area contributed by atoms with Crippen LogP contribution in [0.5, 0.6) is 5.75 Å². The number of hydrogen-bond acceptors (Lipinski definition) is 5. The maximum Gasteiger partial charge on any atom is 0.311 e. The summed E-state index contributed by atoms with van der Waals surface area (Å²) in [5.41, 5.74) is -0.944.